The summed E-state index contributed by atoms with van der Waals surface area (Å²) in [7, 11) is -1.32. The van der Waals surface area contributed by atoms with Crippen molar-refractivity contribution in [2.45, 2.75) is 51.5 Å². The van der Waals surface area contributed by atoms with E-state index < -0.39 is 17.1 Å². The SMILES string of the molecule is CS(=O)Nc1cc(C(O)CNC(C)(C)Cc2cccc(CC(=O)NCc3cccc(-c4ccc(O)cc4)c3)c2)ccc1OCc1ccccc1. The average Bonchev–Trinajstić information content (AvgIpc) is 3.10. The van der Waals surface area contributed by atoms with Crippen molar-refractivity contribution in [3.8, 4) is 22.6 Å². The van der Waals surface area contributed by atoms with Crippen LogP contribution >= 0.6 is 0 Å². The number of ether oxygens (including phenoxy) is 1. The zero-order valence-electron chi connectivity index (χ0n) is 28.7. The lowest BCUT2D eigenvalue weighted by Gasteiger charge is -2.28. The van der Waals surface area contributed by atoms with E-state index in [1.54, 1.807) is 30.5 Å². The molecule has 5 aromatic carbocycles. The number of carbonyl (C=O) groups is 1. The molecule has 2 atom stereocenters. The Hall–Kier alpha value is -4.96. The third-order valence-corrected chi connectivity index (χ3v) is 8.78. The molecule has 5 aromatic rings. The van der Waals surface area contributed by atoms with E-state index in [0.29, 0.717) is 43.1 Å². The molecule has 1 amide bonds. The van der Waals surface area contributed by atoms with Crippen molar-refractivity contribution in [2.75, 3.05) is 17.5 Å². The van der Waals surface area contributed by atoms with Gasteiger partial charge in [-0.1, -0.05) is 91.0 Å². The number of aliphatic hydroxyl groups is 1. The Morgan fingerprint density at radius 3 is 2.26 bits per heavy atom. The molecule has 5 rings (SSSR count). The summed E-state index contributed by atoms with van der Waals surface area (Å²) < 4.78 is 21.0. The minimum atomic E-state index is -1.32. The number of carbonyl (C=O) groups excluding carboxylic acids is 1. The molecule has 50 heavy (non-hydrogen) atoms. The Labute approximate surface area is 297 Å². The van der Waals surface area contributed by atoms with Gasteiger partial charge in [0.15, 0.2) is 0 Å². The van der Waals surface area contributed by atoms with Gasteiger partial charge in [0.1, 0.15) is 29.1 Å². The van der Waals surface area contributed by atoms with E-state index in [9.17, 15) is 19.2 Å². The van der Waals surface area contributed by atoms with E-state index >= 15 is 0 Å². The van der Waals surface area contributed by atoms with Crippen LogP contribution in [0.1, 0.15) is 47.8 Å². The molecule has 260 valence electrons. The van der Waals surface area contributed by atoms with E-state index in [1.807, 2.05) is 91.0 Å². The van der Waals surface area contributed by atoms with Crippen LogP contribution in [-0.4, -0.2) is 38.7 Å². The Morgan fingerprint density at radius 1 is 0.800 bits per heavy atom. The molecular formula is C41H45N3O5S. The summed E-state index contributed by atoms with van der Waals surface area (Å²) in [6.45, 7) is 5.26. The van der Waals surface area contributed by atoms with Gasteiger partial charge in [0.2, 0.25) is 5.91 Å². The zero-order valence-corrected chi connectivity index (χ0v) is 29.5. The predicted octanol–water partition coefficient (Wildman–Crippen LogP) is 6.85. The van der Waals surface area contributed by atoms with Crippen LogP contribution in [0.2, 0.25) is 0 Å². The van der Waals surface area contributed by atoms with E-state index in [0.717, 1.165) is 33.4 Å². The van der Waals surface area contributed by atoms with Crippen LogP contribution < -0.4 is 20.1 Å². The number of anilines is 1. The fraction of sp³-hybridized carbons (Fsp3) is 0.244. The van der Waals surface area contributed by atoms with Crippen molar-refractivity contribution < 1.29 is 24.0 Å². The van der Waals surface area contributed by atoms with Gasteiger partial charge in [-0.25, -0.2) is 4.21 Å². The van der Waals surface area contributed by atoms with Gasteiger partial charge in [-0.05, 0) is 89.5 Å². The van der Waals surface area contributed by atoms with Gasteiger partial charge in [0.25, 0.3) is 0 Å². The smallest absolute Gasteiger partial charge is 0.224 e. The lowest BCUT2D eigenvalue weighted by Crippen LogP contribution is -2.43. The number of rotatable bonds is 16. The van der Waals surface area contributed by atoms with Gasteiger partial charge >= 0.3 is 0 Å². The van der Waals surface area contributed by atoms with Gasteiger partial charge in [0.05, 0.1) is 18.2 Å². The maximum Gasteiger partial charge on any atom is 0.224 e. The molecule has 0 aromatic heterocycles. The van der Waals surface area contributed by atoms with Gasteiger partial charge in [-0.15, -0.1) is 0 Å². The summed E-state index contributed by atoms with van der Waals surface area (Å²) in [5.74, 6) is 0.722. The Morgan fingerprint density at radius 2 is 1.50 bits per heavy atom. The number of aromatic hydroxyl groups is 1. The highest BCUT2D eigenvalue weighted by Gasteiger charge is 2.21. The second kappa shape index (κ2) is 17.1. The average molecular weight is 692 g/mol. The number of hydrogen-bond donors (Lipinski definition) is 5. The van der Waals surface area contributed by atoms with Gasteiger partial charge in [0, 0.05) is 24.9 Å². The highest BCUT2D eigenvalue weighted by molar-refractivity contribution is 7.85. The highest BCUT2D eigenvalue weighted by Crippen LogP contribution is 2.30. The number of hydrogen-bond acceptors (Lipinski definition) is 6. The molecule has 2 unspecified atom stereocenters. The maximum atomic E-state index is 12.9. The van der Waals surface area contributed by atoms with Crippen LogP contribution in [0.5, 0.6) is 11.5 Å². The maximum absolute atomic E-state index is 12.9. The van der Waals surface area contributed by atoms with E-state index in [4.69, 9.17) is 4.74 Å². The predicted molar refractivity (Wildman–Crippen MR) is 201 cm³/mol. The first kappa shape index (κ1) is 36.3. The Bertz CT molecular complexity index is 1900. The lowest BCUT2D eigenvalue weighted by molar-refractivity contribution is -0.120. The molecule has 0 heterocycles. The fourth-order valence-corrected chi connectivity index (χ4v) is 6.20. The van der Waals surface area contributed by atoms with E-state index in [2.05, 4.69) is 35.3 Å². The summed E-state index contributed by atoms with van der Waals surface area (Å²) in [6.07, 6.45) is 1.70. The van der Waals surface area contributed by atoms with Crippen molar-refractivity contribution >= 4 is 22.6 Å². The van der Waals surface area contributed by atoms with Crippen LogP contribution in [0, 0.1) is 0 Å². The van der Waals surface area contributed by atoms with Crippen LogP contribution in [0.3, 0.4) is 0 Å². The van der Waals surface area contributed by atoms with Crippen molar-refractivity contribution in [1.82, 2.24) is 10.6 Å². The summed E-state index contributed by atoms with van der Waals surface area (Å²) in [4.78, 5) is 12.9. The van der Waals surface area contributed by atoms with Gasteiger partial charge in [-0.2, -0.15) is 0 Å². The van der Waals surface area contributed by atoms with Crippen molar-refractivity contribution in [3.05, 3.63) is 149 Å². The second-order valence-electron chi connectivity index (χ2n) is 13.1. The molecule has 5 N–H and O–H groups in total. The quantitative estimate of drug-likeness (QED) is 0.0773. The number of nitrogens with one attached hydrogen (secondary N) is 3. The summed E-state index contributed by atoms with van der Waals surface area (Å²) in [5.41, 5.74) is 6.92. The molecule has 0 spiro atoms. The number of phenolic OH excluding ortho intramolecular Hbond substituents is 1. The van der Waals surface area contributed by atoms with Gasteiger partial charge < -0.3 is 30.3 Å². The molecular weight excluding hydrogens is 647 g/mol. The Balaban J connectivity index is 1.13. The van der Waals surface area contributed by atoms with Crippen molar-refractivity contribution in [2.24, 2.45) is 0 Å². The summed E-state index contributed by atoms with van der Waals surface area (Å²) in [6, 6.07) is 38.3. The Kier molecular flexibility index (Phi) is 12.4. The molecule has 0 saturated heterocycles. The molecule has 0 radical (unpaired) electrons. The lowest BCUT2D eigenvalue weighted by atomic mass is 9.93. The normalized spacial score (nSPS) is 12.6. The number of aliphatic hydroxyl groups excluding tert-OH is 1. The molecule has 0 aliphatic carbocycles. The largest absolute Gasteiger partial charge is 0.508 e. The summed E-state index contributed by atoms with van der Waals surface area (Å²) >= 11 is 0. The monoisotopic (exact) mass is 691 g/mol. The molecule has 9 heteroatoms. The summed E-state index contributed by atoms with van der Waals surface area (Å²) in [5, 5.41) is 27.2. The second-order valence-corrected chi connectivity index (χ2v) is 14.2. The molecule has 0 bridgehead atoms. The van der Waals surface area contributed by atoms with Gasteiger partial charge in [-0.3, -0.25) is 4.79 Å². The minimum Gasteiger partial charge on any atom is -0.508 e. The third kappa shape index (κ3) is 11.0. The highest BCUT2D eigenvalue weighted by atomic mass is 32.2. The first-order valence-electron chi connectivity index (χ1n) is 16.6. The minimum absolute atomic E-state index is 0.0602. The first-order chi connectivity index (χ1) is 24.0. The number of β-amino-alcohol motifs (C(OH)–C–C–N with tert-alkyl or cyclic N) is 1. The number of phenols is 1. The van der Waals surface area contributed by atoms with E-state index in [1.165, 1.54) is 0 Å². The standard InChI is InChI=1S/C41H45N3O5S/c1-41(2,43-27-38(46)35-17-20-39(37(24-35)44-50(3)48)49-28-29-9-5-4-6-10-29)25-31-12-7-11-30(21-31)23-40(47)42-26-32-13-8-14-34(22-32)33-15-18-36(45)19-16-33/h4-22,24,38,43-46H,23,25-28H2,1-3H3,(H,42,47). The number of benzene rings is 5. The molecule has 0 fully saturated rings. The molecule has 8 nitrogen and oxygen atoms in total. The van der Waals surface area contributed by atoms with Crippen molar-refractivity contribution in [1.29, 1.82) is 0 Å². The molecule has 0 saturated carbocycles. The van der Waals surface area contributed by atoms with Crippen molar-refractivity contribution in [3.63, 3.8) is 0 Å². The van der Waals surface area contributed by atoms with Crippen LogP contribution in [0.25, 0.3) is 11.1 Å². The zero-order chi connectivity index (χ0) is 35.5. The number of amides is 1. The van der Waals surface area contributed by atoms with Crippen LogP contribution in [0.4, 0.5) is 5.69 Å². The van der Waals surface area contributed by atoms with Crippen LogP contribution in [0.15, 0.2) is 121 Å². The fourth-order valence-electron chi connectivity index (χ4n) is 5.73. The molecule has 0 aliphatic heterocycles. The van der Waals surface area contributed by atoms with E-state index in [-0.39, 0.29) is 23.6 Å². The first-order valence-corrected chi connectivity index (χ1v) is 18.2. The molecule has 0 aliphatic rings. The third-order valence-electron chi connectivity index (χ3n) is 8.27. The van der Waals surface area contributed by atoms with Crippen LogP contribution in [-0.2, 0) is 41.8 Å². The topological polar surface area (TPSA) is 120 Å².